The first-order valence-corrected chi connectivity index (χ1v) is 12.3. The normalized spacial score (nSPS) is 18.2. The summed E-state index contributed by atoms with van der Waals surface area (Å²) in [7, 11) is 0. The Morgan fingerprint density at radius 1 is 0.778 bits per heavy atom. The van der Waals surface area contributed by atoms with E-state index in [0.717, 1.165) is 12.8 Å². The fourth-order valence-corrected chi connectivity index (χ4v) is 4.46. The number of benzene rings is 3. The smallest absolute Gasteiger partial charge is 0.186 e. The largest absolute Gasteiger partial charge is 0.348 e. The Morgan fingerprint density at radius 2 is 1.36 bits per heavy atom. The van der Waals surface area contributed by atoms with Gasteiger partial charge >= 0.3 is 0 Å². The van der Waals surface area contributed by atoms with Gasteiger partial charge in [-0.2, -0.15) is 0 Å². The van der Waals surface area contributed by atoms with E-state index in [0.29, 0.717) is 42.7 Å². The third-order valence-electron chi connectivity index (χ3n) is 6.50. The molecule has 1 aliphatic heterocycles. The second kappa shape index (κ2) is 11.8. The van der Waals surface area contributed by atoms with Crippen LogP contribution in [0.4, 0.5) is 17.6 Å². The Labute approximate surface area is 209 Å². The van der Waals surface area contributed by atoms with Gasteiger partial charge in [0, 0.05) is 22.6 Å². The molecule has 2 nitrogen and oxygen atoms in total. The first-order valence-electron chi connectivity index (χ1n) is 12.3. The molecule has 0 aromatic heterocycles. The molecule has 0 bridgehead atoms. The van der Waals surface area contributed by atoms with Crippen molar-refractivity contribution in [2.75, 3.05) is 13.2 Å². The van der Waals surface area contributed by atoms with E-state index in [1.165, 1.54) is 12.1 Å². The summed E-state index contributed by atoms with van der Waals surface area (Å²) < 4.78 is 70.4. The molecule has 3 aromatic rings. The molecule has 4 rings (SSSR count). The molecule has 36 heavy (non-hydrogen) atoms. The highest BCUT2D eigenvalue weighted by atomic mass is 19.2. The Balaban J connectivity index is 1.50. The van der Waals surface area contributed by atoms with Crippen LogP contribution in [0.5, 0.6) is 0 Å². The average molecular weight is 499 g/mol. The molecule has 1 fully saturated rings. The first kappa shape index (κ1) is 26.1. The zero-order valence-corrected chi connectivity index (χ0v) is 20.5. The molecule has 0 aliphatic carbocycles. The highest BCUT2D eigenvalue weighted by Gasteiger charge is 2.28. The highest BCUT2D eigenvalue weighted by molar-refractivity contribution is 5.71. The second-order valence-corrected chi connectivity index (χ2v) is 9.07. The Bertz CT molecular complexity index is 1210. The van der Waals surface area contributed by atoms with Crippen molar-refractivity contribution >= 4 is 0 Å². The van der Waals surface area contributed by atoms with Gasteiger partial charge in [-0.3, -0.25) is 0 Å². The van der Waals surface area contributed by atoms with Crippen LogP contribution < -0.4 is 0 Å². The highest BCUT2D eigenvalue weighted by Crippen LogP contribution is 2.35. The Morgan fingerprint density at radius 3 is 1.94 bits per heavy atom. The van der Waals surface area contributed by atoms with E-state index in [1.807, 2.05) is 19.9 Å². The summed E-state index contributed by atoms with van der Waals surface area (Å²) in [5, 5.41) is 0. The van der Waals surface area contributed by atoms with E-state index < -0.39 is 29.6 Å². The van der Waals surface area contributed by atoms with Crippen molar-refractivity contribution < 1.29 is 27.0 Å². The second-order valence-electron chi connectivity index (χ2n) is 9.07. The summed E-state index contributed by atoms with van der Waals surface area (Å²) in [4.78, 5) is 0. The van der Waals surface area contributed by atoms with Gasteiger partial charge in [0.15, 0.2) is 29.6 Å². The molecule has 190 valence electrons. The molecular formula is C30H30F4O2. The zero-order chi connectivity index (χ0) is 25.7. The van der Waals surface area contributed by atoms with E-state index in [4.69, 9.17) is 9.47 Å². The quantitative estimate of drug-likeness (QED) is 0.229. The number of ether oxygens (including phenoxy) is 2. The number of hydrogen-bond acceptors (Lipinski definition) is 2. The van der Waals surface area contributed by atoms with Gasteiger partial charge < -0.3 is 9.47 Å². The van der Waals surface area contributed by atoms with E-state index in [-0.39, 0.29) is 22.6 Å². The summed E-state index contributed by atoms with van der Waals surface area (Å²) in [6.45, 7) is 4.70. The predicted octanol–water partition coefficient (Wildman–Crippen LogP) is 8.55. The number of allylic oxidation sites excluding steroid dienone is 2. The SMILES string of the molecule is CC=CCCC1COC(c2ccc(-c3ccc(-c4ccc(CCC)c(F)c4F)cc3)c(F)c2F)OC1. The molecule has 0 amide bonds. The number of rotatable bonds is 8. The van der Waals surface area contributed by atoms with E-state index in [2.05, 4.69) is 6.08 Å². The molecule has 1 heterocycles. The Kier molecular flexibility index (Phi) is 8.60. The Hall–Kier alpha value is -2.96. The summed E-state index contributed by atoms with van der Waals surface area (Å²) in [5.74, 6) is -3.58. The van der Waals surface area contributed by atoms with Crippen molar-refractivity contribution in [1.29, 1.82) is 0 Å². The lowest BCUT2D eigenvalue weighted by Gasteiger charge is -2.29. The van der Waals surface area contributed by atoms with Gasteiger partial charge in [-0.05, 0) is 42.9 Å². The van der Waals surface area contributed by atoms with Gasteiger partial charge in [-0.1, -0.05) is 74.0 Å². The van der Waals surface area contributed by atoms with Crippen molar-refractivity contribution in [2.45, 2.75) is 45.8 Å². The number of hydrogen-bond donors (Lipinski definition) is 0. The van der Waals surface area contributed by atoms with Gasteiger partial charge in [0.1, 0.15) is 0 Å². The monoisotopic (exact) mass is 498 g/mol. The zero-order valence-electron chi connectivity index (χ0n) is 20.5. The van der Waals surface area contributed by atoms with Crippen LogP contribution in [0.2, 0.25) is 0 Å². The minimum Gasteiger partial charge on any atom is -0.348 e. The maximum absolute atomic E-state index is 15.0. The van der Waals surface area contributed by atoms with Gasteiger partial charge in [-0.15, -0.1) is 0 Å². The molecule has 3 aromatic carbocycles. The van der Waals surface area contributed by atoms with Crippen molar-refractivity contribution in [1.82, 2.24) is 0 Å². The summed E-state index contributed by atoms with van der Waals surface area (Å²) in [6.07, 6.45) is 6.09. The lowest BCUT2D eigenvalue weighted by molar-refractivity contribution is -0.207. The van der Waals surface area contributed by atoms with E-state index in [9.17, 15) is 13.2 Å². The molecule has 1 saturated heterocycles. The molecule has 0 atom stereocenters. The van der Waals surface area contributed by atoms with Gasteiger partial charge in [0.05, 0.1) is 13.2 Å². The minimum atomic E-state index is -1.02. The molecule has 0 saturated carbocycles. The number of aryl methyl sites for hydroxylation is 1. The standard InChI is InChI=1S/C30H30F4O2/c1-3-5-6-8-19-17-35-30(36-18-19)25-16-15-24(28(33)29(25)34)21-11-9-20(10-12-21)23-14-13-22(7-4-2)26(31)27(23)32/h3,5,9-16,19,30H,4,6-8,17-18H2,1-2H3. The van der Waals surface area contributed by atoms with Crippen LogP contribution in [0.3, 0.4) is 0 Å². The predicted molar refractivity (Wildman–Crippen MR) is 133 cm³/mol. The average Bonchev–Trinajstić information content (AvgIpc) is 2.90. The van der Waals surface area contributed by atoms with Crippen LogP contribution in [0.1, 0.15) is 50.5 Å². The van der Waals surface area contributed by atoms with Crippen LogP contribution in [-0.2, 0) is 15.9 Å². The third kappa shape index (κ3) is 5.55. The summed E-state index contributed by atoms with van der Waals surface area (Å²) in [6, 6.07) is 12.3. The van der Waals surface area contributed by atoms with E-state index >= 15 is 4.39 Å². The van der Waals surface area contributed by atoms with Crippen LogP contribution in [0.15, 0.2) is 60.7 Å². The summed E-state index contributed by atoms with van der Waals surface area (Å²) in [5.41, 5.74) is 1.40. The van der Waals surface area contributed by atoms with Crippen LogP contribution >= 0.6 is 0 Å². The van der Waals surface area contributed by atoms with Crippen molar-refractivity contribution in [3.63, 3.8) is 0 Å². The van der Waals surface area contributed by atoms with Crippen LogP contribution in [-0.4, -0.2) is 13.2 Å². The summed E-state index contributed by atoms with van der Waals surface area (Å²) >= 11 is 0. The molecule has 0 spiro atoms. The first-order chi connectivity index (χ1) is 17.4. The molecular weight excluding hydrogens is 468 g/mol. The van der Waals surface area contributed by atoms with Crippen molar-refractivity contribution in [2.24, 2.45) is 5.92 Å². The van der Waals surface area contributed by atoms with Crippen molar-refractivity contribution in [3.05, 3.63) is 95.1 Å². The fourth-order valence-electron chi connectivity index (χ4n) is 4.46. The molecule has 0 radical (unpaired) electrons. The van der Waals surface area contributed by atoms with Gasteiger partial charge in [0.25, 0.3) is 0 Å². The molecule has 0 unspecified atom stereocenters. The molecule has 0 N–H and O–H groups in total. The third-order valence-corrected chi connectivity index (χ3v) is 6.50. The van der Waals surface area contributed by atoms with Gasteiger partial charge in [-0.25, -0.2) is 17.6 Å². The maximum atomic E-state index is 15.0. The maximum Gasteiger partial charge on any atom is 0.186 e. The van der Waals surface area contributed by atoms with Crippen LogP contribution in [0, 0.1) is 29.2 Å². The fraction of sp³-hybridized carbons (Fsp3) is 0.333. The van der Waals surface area contributed by atoms with E-state index in [1.54, 1.807) is 36.4 Å². The van der Waals surface area contributed by atoms with Gasteiger partial charge in [0.2, 0.25) is 0 Å². The lowest BCUT2D eigenvalue weighted by atomic mass is 9.97. The lowest BCUT2D eigenvalue weighted by Crippen LogP contribution is -2.27. The van der Waals surface area contributed by atoms with Crippen LogP contribution in [0.25, 0.3) is 22.3 Å². The molecule has 1 aliphatic rings. The van der Waals surface area contributed by atoms with Crippen molar-refractivity contribution in [3.8, 4) is 22.3 Å². The topological polar surface area (TPSA) is 18.5 Å². The number of halogens is 4. The molecule has 6 heteroatoms. The minimum absolute atomic E-state index is 0.0180.